The molecule has 0 fully saturated rings. The third-order valence-corrected chi connectivity index (χ3v) is 5.00. The molecule has 2 rings (SSSR count). The van der Waals surface area contributed by atoms with Crippen molar-refractivity contribution in [3.05, 3.63) is 70.8 Å². The zero-order valence-corrected chi connectivity index (χ0v) is 16.8. The SMILES string of the molecule is CCN(CC)C(=O)c1ccc(CNC(=O)c2cccc(CS(C)=O)c2)cc1. The van der Waals surface area contributed by atoms with Crippen molar-refractivity contribution in [1.29, 1.82) is 0 Å². The molecule has 0 radical (unpaired) electrons. The van der Waals surface area contributed by atoms with Gasteiger partial charge in [0.2, 0.25) is 0 Å². The van der Waals surface area contributed by atoms with Crippen molar-refractivity contribution >= 4 is 22.6 Å². The van der Waals surface area contributed by atoms with Gasteiger partial charge in [-0.1, -0.05) is 24.3 Å². The van der Waals surface area contributed by atoms with E-state index in [2.05, 4.69) is 5.32 Å². The van der Waals surface area contributed by atoms with Crippen LogP contribution in [0.25, 0.3) is 0 Å². The Morgan fingerprint density at radius 2 is 1.63 bits per heavy atom. The molecule has 1 N–H and O–H groups in total. The summed E-state index contributed by atoms with van der Waals surface area (Å²) in [5.74, 6) is 0.270. The third-order valence-electron chi connectivity index (χ3n) is 4.26. The number of carbonyl (C=O) groups excluding carboxylic acids is 2. The lowest BCUT2D eigenvalue weighted by atomic mass is 10.1. The van der Waals surface area contributed by atoms with Crippen molar-refractivity contribution in [2.75, 3.05) is 19.3 Å². The first-order valence-corrected chi connectivity index (χ1v) is 10.7. The summed E-state index contributed by atoms with van der Waals surface area (Å²) in [6, 6.07) is 14.5. The molecule has 2 aromatic carbocycles. The lowest BCUT2D eigenvalue weighted by Gasteiger charge is -2.18. The van der Waals surface area contributed by atoms with Gasteiger partial charge in [0, 0.05) is 53.6 Å². The summed E-state index contributed by atoms with van der Waals surface area (Å²) in [5, 5.41) is 2.88. The van der Waals surface area contributed by atoms with Gasteiger partial charge in [-0.3, -0.25) is 13.8 Å². The Bertz CT molecular complexity index is 814. The molecule has 2 amide bonds. The van der Waals surface area contributed by atoms with Crippen LogP contribution in [-0.2, 0) is 23.1 Å². The number of hydrogen-bond donors (Lipinski definition) is 1. The zero-order chi connectivity index (χ0) is 19.8. The zero-order valence-electron chi connectivity index (χ0n) is 16.0. The Morgan fingerprint density at radius 1 is 0.963 bits per heavy atom. The predicted molar refractivity (Wildman–Crippen MR) is 109 cm³/mol. The van der Waals surface area contributed by atoms with Crippen LogP contribution in [-0.4, -0.2) is 40.3 Å². The van der Waals surface area contributed by atoms with Crippen molar-refractivity contribution in [3.63, 3.8) is 0 Å². The number of nitrogens with one attached hydrogen (secondary N) is 1. The average molecular weight is 387 g/mol. The van der Waals surface area contributed by atoms with E-state index >= 15 is 0 Å². The minimum Gasteiger partial charge on any atom is -0.348 e. The molecule has 6 heteroatoms. The Kier molecular flexibility index (Phi) is 7.73. The fourth-order valence-corrected chi connectivity index (χ4v) is 3.43. The molecule has 0 aliphatic carbocycles. The molecule has 0 saturated carbocycles. The van der Waals surface area contributed by atoms with Gasteiger partial charge in [-0.05, 0) is 49.2 Å². The van der Waals surface area contributed by atoms with Gasteiger partial charge < -0.3 is 10.2 Å². The first-order chi connectivity index (χ1) is 12.9. The van der Waals surface area contributed by atoms with Crippen molar-refractivity contribution in [2.45, 2.75) is 26.1 Å². The third kappa shape index (κ3) is 6.03. The maximum absolute atomic E-state index is 12.4. The lowest BCUT2D eigenvalue weighted by Crippen LogP contribution is -2.30. The van der Waals surface area contributed by atoms with Crippen molar-refractivity contribution in [1.82, 2.24) is 10.2 Å². The number of carbonyl (C=O) groups is 2. The van der Waals surface area contributed by atoms with Crippen LogP contribution in [0.4, 0.5) is 0 Å². The first-order valence-electron chi connectivity index (χ1n) is 9.00. The average Bonchev–Trinajstić information content (AvgIpc) is 2.67. The van der Waals surface area contributed by atoms with E-state index in [0.717, 1.165) is 11.1 Å². The van der Waals surface area contributed by atoms with E-state index in [-0.39, 0.29) is 11.8 Å². The van der Waals surface area contributed by atoms with E-state index in [0.29, 0.717) is 36.5 Å². The Balaban J connectivity index is 1.97. The van der Waals surface area contributed by atoms with E-state index in [9.17, 15) is 13.8 Å². The van der Waals surface area contributed by atoms with Gasteiger partial charge in [-0.15, -0.1) is 0 Å². The van der Waals surface area contributed by atoms with Crippen LogP contribution in [0, 0.1) is 0 Å². The molecule has 0 saturated heterocycles. The van der Waals surface area contributed by atoms with Crippen LogP contribution >= 0.6 is 0 Å². The van der Waals surface area contributed by atoms with Crippen LogP contribution < -0.4 is 5.32 Å². The van der Waals surface area contributed by atoms with Crippen LogP contribution in [0.5, 0.6) is 0 Å². The number of hydrogen-bond acceptors (Lipinski definition) is 3. The monoisotopic (exact) mass is 386 g/mol. The fraction of sp³-hybridized carbons (Fsp3) is 0.333. The summed E-state index contributed by atoms with van der Waals surface area (Å²) >= 11 is 0. The highest BCUT2D eigenvalue weighted by molar-refractivity contribution is 7.83. The minimum absolute atomic E-state index is 0.0145. The molecule has 0 aromatic heterocycles. The summed E-state index contributed by atoms with van der Waals surface area (Å²) in [6.45, 7) is 5.65. The van der Waals surface area contributed by atoms with Crippen LogP contribution in [0.3, 0.4) is 0 Å². The molecule has 0 spiro atoms. The highest BCUT2D eigenvalue weighted by Crippen LogP contribution is 2.10. The summed E-state index contributed by atoms with van der Waals surface area (Å²) < 4.78 is 11.3. The number of nitrogens with zero attached hydrogens (tertiary/aromatic N) is 1. The van der Waals surface area contributed by atoms with Gasteiger partial charge in [0.1, 0.15) is 0 Å². The second kappa shape index (κ2) is 10.0. The molecule has 2 aromatic rings. The highest BCUT2D eigenvalue weighted by Gasteiger charge is 2.12. The van der Waals surface area contributed by atoms with Gasteiger partial charge in [-0.25, -0.2) is 0 Å². The highest BCUT2D eigenvalue weighted by atomic mass is 32.2. The molecule has 144 valence electrons. The quantitative estimate of drug-likeness (QED) is 0.758. The van der Waals surface area contributed by atoms with Crippen LogP contribution in [0.15, 0.2) is 48.5 Å². The topological polar surface area (TPSA) is 66.5 Å². The maximum Gasteiger partial charge on any atom is 0.253 e. The van der Waals surface area contributed by atoms with Crippen molar-refractivity contribution < 1.29 is 13.8 Å². The largest absolute Gasteiger partial charge is 0.348 e. The fourth-order valence-electron chi connectivity index (χ4n) is 2.78. The molecule has 1 atom stereocenters. The van der Waals surface area contributed by atoms with Gasteiger partial charge >= 0.3 is 0 Å². The molecule has 1 unspecified atom stereocenters. The molecule has 0 aliphatic rings. The Hall–Kier alpha value is -2.47. The van der Waals surface area contributed by atoms with Gasteiger partial charge in [0.05, 0.1) is 0 Å². The molecule has 0 aliphatic heterocycles. The number of amides is 2. The van der Waals surface area contributed by atoms with E-state index in [1.54, 1.807) is 41.5 Å². The minimum atomic E-state index is -0.945. The summed E-state index contributed by atoms with van der Waals surface area (Å²) in [5.41, 5.74) is 2.99. The van der Waals surface area contributed by atoms with E-state index in [1.807, 2.05) is 32.0 Å². The summed E-state index contributed by atoms with van der Waals surface area (Å²) in [6.07, 6.45) is 1.64. The van der Waals surface area contributed by atoms with E-state index in [4.69, 9.17) is 0 Å². The molecule has 27 heavy (non-hydrogen) atoms. The van der Waals surface area contributed by atoms with E-state index in [1.165, 1.54) is 0 Å². The second-order valence-corrected chi connectivity index (χ2v) is 7.71. The molecule has 5 nitrogen and oxygen atoms in total. The standard InChI is InChI=1S/C21H26N2O3S/c1-4-23(5-2)21(25)18-11-9-16(10-12-18)14-22-20(24)19-8-6-7-17(13-19)15-27(3)26/h6-13H,4-5,14-15H2,1-3H3,(H,22,24). The number of benzene rings is 2. The van der Waals surface area contributed by atoms with Crippen molar-refractivity contribution in [3.8, 4) is 0 Å². The summed E-state index contributed by atoms with van der Waals surface area (Å²) in [4.78, 5) is 26.4. The normalized spacial score (nSPS) is 11.7. The lowest BCUT2D eigenvalue weighted by molar-refractivity contribution is 0.0772. The van der Waals surface area contributed by atoms with Crippen molar-refractivity contribution in [2.24, 2.45) is 0 Å². The van der Waals surface area contributed by atoms with Gasteiger partial charge in [0.25, 0.3) is 11.8 Å². The second-order valence-electron chi connectivity index (χ2n) is 6.27. The smallest absolute Gasteiger partial charge is 0.253 e. The molecule has 0 bridgehead atoms. The van der Waals surface area contributed by atoms with Crippen LogP contribution in [0.1, 0.15) is 45.7 Å². The van der Waals surface area contributed by atoms with Gasteiger partial charge in [-0.2, -0.15) is 0 Å². The Morgan fingerprint density at radius 3 is 2.22 bits per heavy atom. The molecule has 0 heterocycles. The number of rotatable bonds is 8. The van der Waals surface area contributed by atoms with E-state index < -0.39 is 10.8 Å². The molecular weight excluding hydrogens is 360 g/mol. The van der Waals surface area contributed by atoms with Gasteiger partial charge in [0.15, 0.2) is 0 Å². The molecular formula is C21H26N2O3S. The summed E-state index contributed by atoms with van der Waals surface area (Å²) in [7, 11) is -0.945. The maximum atomic E-state index is 12.4. The Labute approximate surface area is 163 Å². The van der Waals surface area contributed by atoms with Crippen LogP contribution in [0.2, 0.25) is 0 Å². The first kappa shape index (κ1) is 20.8. The predicted octanol–water partition coefficient (Wildman–Crippen LogP) is 2.98.